The maximum Gasteiger partial charge on any atom is 0.123 e. The van der Waals surface area contributed by atoms with Gasteiger partial charge in [0.15, 0.2) is 0 Å². The summed E-state index contributed by atoms with van der Waals surface area (Å²) >= 11 is 0. The highest BCUT2D eigenvalue weighted by molar-refractivity contribution is 5.85. The monoisotopic (exact) mass is 255 g/mol. The van der Waals surface area contributed by atoms with Crippen molar-refractivity contribution in [3.05, 3.63) is 29.8 Å². The van der Waals surface area contributed by atoms with Gasteiger partial charge in [0.25, 0.3) is 0 Å². The molecule has 0 radical (unpaired) electrons. The summed E-state index contributed by atoms with van der Waals surface area (Å²) in [5, 5.41) is 3.26. The van der Waals surface area contributed by atoms with Crippen LogP contribution < -0.4 is 10.1 Å². The molecule has 1 aliphatic rings. The van der Waals surface area contributed by atoms with Gasteiger partial charge in [0.05, 0.1) is 6.61 Å². The SMILES string of the molecule is CC(C)(C)c1ccccc1OCC1CNC1.Cl. The molecule has 1 saturated heterocycles. The highest BCUT2D eigenvalue weighted by atomic mass is 35.5. The van der Waals surface area contributed by atoms with Crippen molar-refractivity contribution >= 4 is 12.4 Å². The molecule has 0 unspecified atom stereocenters. The summed E-state index contributed by atoms with van der Waals surface area (Å²) in [6.07, 6.45) is 0. The molecule has 1 fully saturated rings. The fourth-order valence-electron chi connectivity index (χ4n) is 1.89. The Morgan fingerprint density at radius 1 is 1.24 bits per heavy atom. The van der Waals surface area contributed by atoms with Gasteiger partial charge in [-0.3, -0.25) is 0 Å². The molecule has 0 spiro atoms. The molecule has 0 bridgehead atoms. The Morgan fingerprint density at radius 3 is 2.41 bits per heavy atom. The minimum absolute atomic E-state index is 0. The second kappa shape index (κ2) is 5.74. The van der Waals surface area contributed by atoms with Gasteiger partial charge >= 0.3 is 0 Å². The fraction of sp³-hybridized carbons (Fsp3) is 0.571. The van der Waals surface area contributed by atoms with Crippen LogP contribution in [0, 0.1) is 5.92 Å². The molecule has 0 saturated carbocycles. The summed E-state index contributed by atoms with van der Waals surface area (Å²) in [6.45, 7) is 9.69. The normalized spacial score (nSPS) is 15.9. The lowest BCUT2D eigenvalue weighted by molar-refractivity contribution is 0.196. The Hall–Kier alpha value is -0.730. The molecule has 0 aromatic heterocycles. The minimum Gasteiger partial charge on any atom is -0.493 e. The maximum atomic E-state index is 5.93. The van der Waals surface area contributed by atoms with Crippen LogP contribution in [-0.4, -0.2) is 19.7 Å². The van der Waals surface area contributed by atoms with Gasteiger partial charge in [-0.25, -0.2) is 0 Å². The fourth-order valence-corrected chi connectivity index (χ4v) is 1.89. The quantitative estimate of drug-likeness (QED) is 0.897. The molecule has 17 heavy (non-hydrogen) atoms. The highest BCUT2D eigenvalue weighted by Gasteiger charge is 2.21. The van der Waals surface area contributed by atoms with E-state index in [2.05, 4.69) is 44.3 Å². The number of hydrogen-bond donors (Lipinski definition) is 1. The zero-order valence-electron chi connectivity index (χ0n) is 10.8. The first-order chi connectivity index (χ1) is 7.57. The Bertz CT molecular complexity index is 355. The summed E-state index contributed by atoms with van der Waals surface area (Å²) < 4.78 is 5.93. The minimum atomic E-state index is 0. The average Bonchev–Trinajstić information content (AvgIpc) is 2.14. The topological polar surface area (TPSA) is 21.3 Å². The Morgan fingerprint density at radius 2 is 1.88 bits per heavy atom. The van der Waals surface area contributed by atoms with Crippen LogP contribution in [0.2, 0.25) is 0 Å². The van der Waals surface area contributed by atoms with Crippen LogP contribution in [-0.2, 0) is 5.41 Å². The largest absolute Gasteiger partial charge is 0.493 e. The lowest BCUT2D eigenvalue weighted by atomic mass is 9.86. The zero-order valence-corrected chi connectivity index (χ0v) is 11.6. The number of rotatable bonds is 3. The van der Waals surface area contributed by atoms with Crippen LogP contribution in [0.1, 0.15) is 26.3 Å². The first-order valence-electron chi connectivity index (χ1n) is 6.00. The van der Waals surface area contributed by atoms with Crippen molar-refractivity contribution in [2.24, 2.45) is 5.92 Å². The zero-order chi connectivity index (χ0) is 11.6. The van der Waals surface area contributed by atoms with E-state index >= 15 is 0 Å². The van der Waals surface area contributed by atoms with E-state index in [1.807, 2.05) is 6.07 Å². The van der Waals surface area contributed by atoms with E-state index in [0.29, 0.717) is 5.92 Å². The van der Waals surface area contributed by atoms with Gasteiger partial charge in [0, 0.05) is 19.0 Å². The van der Waals surface area contributed by atoms with Gasteiger partial charge < -0.3 is 10.1 Å². The Labute approximate surface area is 110 Å². The standard InChI is InChI=1S/C14H21NO.ClH/c1-14(2,3)12-6-4-5-7-13(12)16-10-11-8-15-9-11;/h4-7,11,15H,8-10H2,1-3H3;1H. The van der Waals surface area contributed by atoms with Crippen molar-refractivity contribution in [1.82, 2.24) is 5.32 Å². The predicted molar refractivity (Wildman–Crippen MR) is 74.2 cm³/mol. The molecule has 96 valence electrons. The van der Waals surface area contributed by atoms with Crippen molar-refractivity contribution in [2.75, 3.05) is 19.7 Å². The molecule has 0 atom stereocenters. The molecule has 1 aromatic rings. The molecule has 3 heteroatoms. The van der Waals surface area contributed by atoms with Gasteiger partial charge in [-0.2, -0.15) is 0 Å². The third kappa shape index (κ3) is 3.62. The molecular weight excluding hydrogens is 234 g/mol. The molecule has 1 N–H and O–H groups in total. The molecule has 0 amide bonds. The number of hydrogen-bond acceptors (Lipinski definition) is 2. The molecule has 2 rings (SSSR count). The second-order valence-electron chi connectivity index (χ2n) is 5.58. The number of nitrogens with one attached hydrogen (secondary N) is 1. The Kier molecular flexibility index (Phi) is 4.84. The van der Waals surface area contributed by atoms with E-state index in [9.17, 15) is 0 Å². The number of halogens is 1. The van der Waals surface area contributed by atoms with Crippen LogP contribution >= 0.6 is 12.4 Å². The second-order valence-corrected chi connectivity index (χ2v) is 5.58. The van der Waals surface area contributed by atoms with E-state index in [1.54, 1.807) is 0 Å². The van der Waals surface area contributed by atoms with Crippen molar-refractivity contribution in [3.63, 3.8) is 0 Å². The van der Waals surface area contributed by atoms with Crippen molar-refractivity contribution < 1.29 is 4.74 Å². The van der Waals surface area contributed by atoms with Crippen molar-refractivity contribution in [2.45, 2.75) is 26.2 Å². The predicted octanol–water partition coefficient (Wildman–Crippen LogP) is 3.00. The summed E-state index contributed by atoms with van der Waals surface area (Å²) in [6, 6.07) is 8.36. The van der Waals surface area contributed by atoms with Gasteiger partial charge in [0.1, 0.15) is 5.75 Å². The summed E-state index contributed by atoms with van der Waals surface area (Å²) in [4.78, 5) is 0. The summed E-state index contributed by atoms with van der Waals surface area (Å²) in [5.41, 5.74) is 1.44. The maximum absolute atomic E-state index is 5.93. The molecule has 0 aliphatic carbocycles. The van der Waals surface area contributed by atoms with Crippen LogP contribution in [0.5, 0.6) is 5.75 Å². The van der Waals surface area contributed by atoms with Gasteiger partial charge in [-0.1, -0.05) is 39.0 Å². The van der Waals surface area contributed by atoms with Crippen molar-refractivity contribution in [1.29, 1.82) is 0 Å². The smallest absolute Gasteiger partial charge is 0.123 e. The van der Waals surface area contributed by atoms with Crippen LogP contribution in [0.25, 0.3) is 0 Å². The third-order valence-corrected chi connectivity index (χ3v) is 3.04. The molecule has 2 nitrogen and oxygen atoms in total. The van der Waals surface area contributed by atoms with E-state index in [1.165, 1.54) is 5.56 Å². The lowest BCUT2D eigenvalue weighted by Gasteiger charge is -2.28. The van der Waals surface area contributed by atoms with Crippen LogP contribution in [0.3, 0.4) is 0 Å². The van der Waals surface area contributed by atoms with E-state index in [0.717, 1.165) is 25.4 Å². The third-order valence-electron chi connectivity index (χ3n) is 3.04. The van der Waals surface area contributed by atoms with Crippen LogP contribution in [0.4, 0.5) is 0 Å². The van der Waals surface area contributed by atoms with E-state index < -0.39 is 0 Å². The summed E-state index contributed by atoms with van der Waals surface area (Å²) in [5.74, 6) is 1.73. The number of para-hydroxylation sites is 1. The molecule has 1 aliphatic heterocycles. The number of ether oxygens (including phenoxy) is 1. The summed E-state index contributed by atoms with van der Waals surface area (Å²) in [7, 11) is 0. The number of benzene rings is 1. The first kappa shape index (κ1) is 14.3. The highest BCUT2D eigenvalue weighted by Crippen LogP contribution is 2.31. The van der Waals surface area contributed by atoms with Gasteiger partial charge in [-0.15, -0.1) is 12.4 Å². The molecular formula is C14H22ClNO. The first-order valence-corrected chi connectivity index (χ1v) is 6.00. The lowest BCUT2D eigenvalue weighted by Crippen LogP contribution is -2.45. The van der Waals surface area contributed by atoms with Gasteiger partial charge in [0.2, 0.25) is 0 Å². The molecule has 1 aromatic carbocycles. The van der Waals surface area contributed by atoms with Crippen LogP contribution in [0.15, 0.2) is 24.3 Å². The van der Waals surface area contributed by atoms with Gasteiger partial charge in [-0.05, 0) is 17.0 Å². The van der Waals surface area contributed by atoms with E-state index in [-0.39, 0.29) is 17.8 Å². The average molecular weight is 256 g/mol. The Balaban J connectivity index is 0.00000144. The molecule has 1 heterocycles. The van der Waals surface area contributed by atoms with E-state index in [4.69, 9.17) is 4.74 Å². The van der Waals surface area contributed by atoms with Crippen molar-refractivity contribution in [3.8, 4) is 5.75 Å².